The molecule has 0 N–H and O–H groups in total. The lowest BCUT2D eigenvalue weighted by Gasteiger charge is -2.33. The average molecular weight is 400 g/mol. The van der Waals surface area contributed by atoms with Gasteiger partial charge in [0.15, 0.2) is 9.84 Å². The molecule has 0 aliphatic carbocycles. The second-order valence-electron chi connectivity index (χ2n) is 7.26. The third-order valence-electron chi connectivity index (χ3n) is 4.66. The minimum atomic E-state index is -3.02. The smallest absolute Gasteiger partial charge is 0.233 e. The van der Waals surface area contributed by atoms with Crippen molar-refractivity contribution < 1.29 is 13.2 Å². The third kappa shape index (κ3) is 5.42. The zero-order valence-corrected chi connectivity index (χ0v) is 17.9. The topological polar surface area (TPSA) is 80.2 Å². The lowest BCUT2D eigenvalue weighted by molar-refractivity contribution is -0.132. The monoisotopic (exact) mass is 399 g/mol. The van der Waals surface area contributed by atoms with Crippen molar-refractivity contribution >= 4 is 27.5 Å². The molecule has 0 aromatic carbocycles. The Hall–Kier alpha value is -1.15. The van der Waals surface area contributed by atoms with E-state index in [-0.39, 0.29) is 41.2 Å². The van der Waals surface area contributed by atoms with Crippen LogP contribution in [0.5, 0.6) is 0 Å². The number of sulfone groups is 1. The van der Waals surface area contributed by atoms with E-state index in [1.165, 1.54) is 11.8 Å². The SMILES string of the molecule is CC[C@@H](C)N(C(=O)CSc1cc(C)nc(C(C)C)n1)[C@H]1CCS(=O)(=O)C1. The van der Waals surface area contributed by atoms with Crippen molar-refractivity contribution in [2.45, 2.75) is 70.5 Å². The Kier molecular flexibility index (Phi) is 7.07. The summed E-state index contributed by atoms with van der Waals surface area (Å²) in [5.74, 6) is 1.50. The molecule has 2 atom stereocenters. The number of thioether (sulfide) groups is 1. The lowest BCUT2D eigenvalue weighted by Crippen LogP contribution is -2.47. The van der Waals surface area contributed by atoms with Crippen LogP contribution in [0.2, 0.25) is 0 Å². The Morgan fingerprint density at radius 1 is 1.35 bits per heavy atom. The Balaban J connectivity index is 2.10. The summed E-state index contributed by atoms with van der Waals surface area (Å²) >= 11 is 1.40. The van der Waals surface area contributed by atoms with E-state index in [1.54, 1.807) is 4.90 Å². The molecule has 146 valence electrons. The molecule has 0 spiro atoms. The molecule has 0 radical (unpaired) electrons. The Morgan fingerprint density at radius 3 is 2.58 bits per heavy atom. The Morgan fingerprint density at radius 2 is 2.04 bits per heavy atom. The summed E-state index contributed by atoms with van der Waals surface area (Å²) in [6.07, 6.45) is 1.34. The number of carbonyl (C=O) groups is 1. The quantitative estimate of drug-likeness (QED) is 0.518. The van der Waals surface area contributed by atoms with Crippen molar-refractivity contribution in [1.82, 2.24) is 14.9 Å². The number of amides is 1. The maximum atomic E-state index is 12.9. The highest BCUT2D eigenvalue weighted by Crippen LogP contribution is 2.24. The number of hydrogen-bond donors (Lipinski definition) is 0. The van der Waals surface area contributed by atoms with Crippen LogP contribution in [0.15, 0.2) is 11.1 Å². The summed E-state index contributed by atoms with van der Waals surface area (Å²) in [4.78, 5) is 23.6. The van der Waals surface area contributed by atoms with Crippen LogP contribution in [-0.2, 0) is 14.6 Å². The van der Waals surface area contributed by atoms with Crippen molar-refractivity contribution in [2.75, 3.05) is 17.3 Å². The maximum absolute atomic E-state index is 12.9. The molecule has 0 unspecified atom stereocenters. The highest BCUT2D eigenvalue weighted by Gasteiger charge is 2.36. The molecule has 0 bridgehead atoms. The Bertz CT molecular complexity index is 750. The predicted molar refractivity (Wildman–Crippen MR) is 105 cm³/mol. The maximum Gasteiger partial charge on any atom is 0.233 e. The second kappa shape index (κ2) is 8.69. The molecule has 2 heterocycles. The van der Waals surface area contributed by atoms with E-state index in [2.05, 4.69) is 9.97 Å². The molecular formula is C18H29N3O3S2. The number of carbonyl (C=O) groups excluding carboxylic acids is 1. The molecule has 1 aliphatic heterocycles. The molecule has 8 heteroatoms. The summed E-state index contributed by atoms with van der Waals surface area (Å²) in [7, 11) is -3.02. The fraction of sp³-hybridized carbons (Fsp3) is 0.722. The summed E-state index contributed by atoms with van der Waals surface area (Å²) in [6.45, 7) is 10.0. The van der Waals surface area contributed by atoms with E-state index in [0.29, 0.717) is 6.42 Å². The van der Waals surface area contributed by atoms with Gasteiger partial charge in [-0.25, -0.2) is 18.4 Å². The van der Waals surface area contributed by atoms with E-state index < -0.39 is 9.84 Å². The van der Waals surface area contributed by atoms with E-state index in [9.17, 15) is 13.2 Å². The van der Waals surface area contributed by atoms with Gasteiger partial charge in [0.25, 0.3) is 0 Å². The van der Waals surface area contributed by atoms with Crippen molar-refractivity contribution in [3.8, 4) is 0 Å². The van der Waals surface area contributed by atoms with Gasteiger partial charge >= 0.3 is 0 Å². The van der Waals surface area contributed by atoms with Crippen LogP contribution in [0.4, 0.5) is 0 Å². The number of hydrogen-bond acceptors (Lipinski definition) is 6. The van der Waals surface area contributed by atoms with E-state index in [1.807, 2.05) is 40.7 Å². The van der Waals surface area contributed by atoms with Gasteiger partial charge in [-0.1, -0.05) is 32.5 Å². The van der Waals surface area contributed by atoms with Gasteiger partial charge in [0, 0.05) is 23.7 Å². The molecule has 1 saturated heterocycles. The van der Waals surface area contributed by atoms with Crippen LogP contribution in [0.1, 0.15) is 58.0 Å². The first-order valence-corrected chi connectivity index (χ1v) is 11.9. The van der Waals surface area contributed by atoms with Gasteiger partial charge < -0.3 is 4.90 Å². The van der Waals surface area contributed by atoms with Crippen LogP contribution in [0, 0.1) is 6.92 Å². The van der Waals surface area contributed by atoms with Crippen LogP contribution < -0.4 is 0 Å². The predicted octanol–water partition coefficient (Wildman–Crippen LogP) is 2.81. The highest BCUT2D eigenvalue weighted by molar-refractivity contribution is 7.99. The minimum Gasteiger partial charge on any atom is -0.335 e. The normalized spacial score (nSPS) is 20.3. The van der Waals surface area contributed by atoms with Crippen LogP contribution >= 0.6 is 11.8 Å². The van der Waals surface area contributed by atoms with E-state index in [4.69, 9.17) is 0 Å². The average Bonchev–Trinajstić information content (AvgIpc) is 2.91. The fourth-order valence-electron chi connectivity index (χ4n) is 3.10. The first kappa shape index (κ1) is 21.2. The van der Waals surface area contributed by atoms with Crippen molar-refractivity contribution in [2.24, 2.45) is 0 Å². The molecule has 26 heavy (non-hydrogen) atoms. The molecule has 2 rings (SSSR count). The van der Waals surface area contributed by atoms with Gasteiger partial charge in [0.1, 0.15) is 10.9 Å². The van der Waals surface area contributed by atoms with Crippen molar-refractivity contribution in [1.29, 1.82) is 0 Å². The zero-order chi connectivity index (χ0) is 19.5. The molecule has 1 aliphatic rings. The first-order valence-electron chi connectivity index (χ1n) is 9.13. The van der Waals surface area contributed by atoms with Crippen LogP contribution in [0.3, 0.4) is 0 Å². The van der Waals surface area contributed by atoms with Gasteiger partial charge in [0.05, 0.1) is 17.3 Å². The fourth-order valence-corrected chi connectivity index (χ4v) is 5.65. The molecule has 0 saturated carbocycles. The number of aromatic nitrogens is 2. The van der Waals surface area contributed by atoms with Gasteiger partial charge in [-0.15, -0.1) is 0 Å². The summed E-state index contributed by atoms with van der Waals surface area (Å²) in [5, 5.41) is 0.790. The van der Waals surface area contributed by atoms with E-state index >= 15 is 0 Å². The molecule has 1 amide bonds. The minimum absolute atomic E-state index is 0.0196. The van der Waals surface area contributed by atoms with Gasteiger partial charge in [-0.2, -0.15) is 0 Å². The first-order chi connectivity index (χ1) is 12.1. The largest absolute Gasteiger partial charge is 0.335 e. The Labute approximate surface area is 161 Å². The number of rotatable bonds is 7. The molecule has 1 aromatic rings. The van der Waals surface area contributed by atoms with Gasteiger partial charge in [-0.05, 0) is 32.8 Å². The summed E-state index contributed by atoms with van der Waals surface area (Å²) in [6, 6.07) is 1.71. The van der Waals surface area contributed by atoms with Crippen molar-refractivity contribution in [3.05, 3.63) is 17.6 Å². The highest BCUT2D eigenvalue weighted by atomic mass is 32.2. The van der Waals surface area contributed by atoms with Crippen molar-refractivity contribution in [3.63, 3.8) is 0 Å². The van der Waals surface area contributed by atoms with Gasteiger partial charge in [0.2, 0.25) is 5.91 Å². The molecule has 1 fully saturated rings. The molecular weight excluding hydrogens is 370 g/mol. The standard InChI is InChI=1S/C18H29N3O3S2/c1-6-14(5)21(15-7-8-26(23,24)11-15)17(22)10-25-16-9-13(4)19-18(20-16)12(2)3/h9,12,14-15H,6-8,10-11H2,1-5H3/t14-,15+/m1/s1. The number of nitrogens with zero attached hydrogens (tertiary/aromatic N) is 3. The second-order valence-corrected chi connectivity index (χ2v) is 10.5. The summed E-state index contributed by atoms with van der Waals surface area (Å²) in [5.41, 5.74) is 0.888. The van der Waals surface area contributed by atoms with Crippen LogP contribution in [0.25, 0.3) is 0 Å². The van der Waals surface area contributed by atoms with Gasteiger partial charge in [-0.3, -0.25) is 4.79 Å². The van der Waals surface area contributed by atoms with Crippen LogP contribution in [-0.4, -0.2) is 58.5 Å². The lowest BCUT2D eigenvalue weighted by atomic mass is 10.1. The van der Waals surface area contributed by atoms with E-state index in [0.717, 1.165) is 23.0 Å². The zero-order valence-electron chi connectivity index (χ0n) is 16.2. The third-order valence-corrected chi connectivity index (χ3v) is 7.31. The number of aryl methyl sites for hydroxylation is 1. The molecule has 6 nitrogen and oxygen atoms in total. The summed E-state index contributed by atoms with van der Waals surface area (Å²) < 4.78 is 23.7. The molecule has 1 aromatic heterocycles.